The molecule has 1 aromatic carbocycles. The number of amides is 1. The SMILES string of the molecule is Cc1ccc2c(Nc3ccc(Br)cc3)c(C(=O)N3CCCCC3)cnc2n1. The third kappa shape index (κ3) is 3.81. The van der Waals surface area contributed by atoms with Crippen molar-refractivity contribution in [3.05, 3.63) is 58.3 Å². The molecule has 0 radical (unpaired) electrons. The van der Waals surface area contributed by atoms with Crippen LogP contribution in [0.15, 0.2) is 47.1 Å². The van der Waals surface area contributed by atoms with E-state index in [1.165, 1.54) is 6.42 Å². The van der Waals surface area contributed by atoms with Gasteiger partial charge in [0.25, 0.3) is 5.91 Å². The Balaban J connectivity index is 1.80. The maximum Gasteiger partial charge on any atom is 0.257 e. The third-order valence-electron chi connectivity index (χ3n) is 4.86. The Labute approximate surface area is 166 Å². The minimum Gasteiger partial charge on any atom is -0.354 e. The van der Waals surface area contributed by atoms with E-state index in [-0.39, 0.29) is 5.91 Å². The summed E-state index contributed by atoms with van der Waals surface area (Å²) in [5, 5.41) is 4.29. The second kappa shape index (κ2) is 7.64. The standard InChI is InChI=1S/C21H21BrN4O/c1-14-5-10-17-19(25-16-8-6-15(22)7-9-16)18(13-23-20(17)24-14)21(27)26-11-3-2-4-12-26/h5-10,13H,2-4,11-12H2,1H3,(H,23,24,25). The molecule has 0 spiro atoms. The molecule has 0 unspecified atom stereocenters. The Bertz CT molecular complexity index is 981. The number of nitrogens with zero attached hydrogens (tertiary/aromatic N) is 3. The molecule has 3 aromatic rings. The summed E-state index contributed by atoms with van der Waals surface area (Å²) >= 11 is 3.46. The first-order chi connectivity index (χ1) is 13.1. The molecule has 0 atom stereocenters. The molecule has 1 aliphatic rings. The quantitative estimate of drug-likeness (QED) is 0.637. The fourth-order valence-electron chi connectivity index (χ4n) is 3.41. The lowest BCUT2D eigenvalue weighted by Crippen LogP contribution is -2.36. The number of rotatable bonds is 3. The van der Waals surface area contributed by atoms with Crippen LogP contribution in [0.4, 0.5) is 11.4 Å². The number of carbonyl (C=O) groups excluding carboxylic acids is 1. The normalized spacial score (nSPS) is 14.4. The highest BCUT2D eigenvalue weighted by atomic mass is 79.9. The second-order valence-corrected chi connectivity index (χ2v) is 7.77. The Hall–Kier alpha value is -2.47. The number of fused-ring (bicyclic) bond motifs is 1. The van der Waals surface area contributed by atoms with E-state index in [0.717, 1.165) is 52.9 Å². The Morgan fingerprint density at radius 1 is 1.07 bits per heavy atom. The average Bonchev–Trinajstić information content (AvgIpc) is 2.70. The summed E-state index contributed by atoms with van der Waals surface area (Å²) < 4.78 is 1.01. The Morgan fingerprint density at radius 3 is 2.56 bits per heavy atom. The van der Waals surface area contributed by atoms with Gasteiger partial charge in [-0.05, 0) is 62.6 Å². The summed E-state index contributed by atoms with van der Waals surface area (Å²) in [6, 6.07) is 11.8. The summed E-state index contributed by atoms with van der Waals surface area (Å²) in [5.41, 5.74) is 3.83. The van der Waals surface area contributed by atoms with Gasteiger partial charge in [-0.1, -0.05) is 15.9 Å². The van der Waals surface area contributed by atoms with Crippen LogP contribution >= 0.6 is 15.9 Å². The van der Waals surface area contributed by atoms with Crippen LogP contribution in [-0.2, 0) is 0 Å². The number of piperidine rings is 1. The van der Waals surface area contributed by atoms with Gasteiger partial charge in [-0.15, -0.1) is 0 Å². The van der Waals surface area contributed by atoms with E-state index in [9.17, 15) is 4.79 Å². The number of pyridine rings is 2. The number of hydrogen-bond donors (Lipinski definition) is 1. The highest BCUT2D eigenvalue weighted by Gasteiger charge is 2.23. The zero-order chi connectivity index (χ0) is 18.8. The first kappa shape index (κ1) is 17.9. The van der Waals surface area contributed by atoms with E-state index >= 15 is 0 Å². The summed E-state index contributed by atoms with van der Waals surface area (Å²) in [5.74, 6) is 0.0317. The predicted molar refractivity (Wildman–Crippen MR) is 111 cm³/mol. The van der Waals surface area contributed by atoms with E-state index < -0.39 is 0 Å². The largest absolute Gasteiger partial charge is 0.354 e. The summed E-state index contributed by atoms with van der Waals surface area (Å²) in [7, 11) is 0. The average molecular weight is 425 g/mol. The van der Waals surface area contributed by atoms with Crippen LogP contribution in [0.1, 0.15) is 35.3 Å². The number of halogens is 1. The van der Waals surface area contributed by atoms with Gasteiger partial charge >= 0.3 is 0 Å². The van der Waals surface area contributed by atoms with Crippen LogP contribution in [0.2, 0.25) is 0 Å². The van der Waals surface area contributed by atoms with Crippen molar-refractivity contribution in [2.75, 3.05) is 18.4 Å². The number of benzene rings is 1. The smallest absolute Gasteiger partial charge is 0.257 e. The van der Waals surface area contributed by atoms with E-state index in [1.807, 2.05) is 48.2 Å². The molecule has 0 bridgehead atoms. The number of aryl methyl sites for hydroxylation is 1. The van der Waals surface area contributed by atoms with Crippen molar-refractivity contribution in [1.82, 2.24) is 14.9 Å². The lowest BCUT2D eigenvalue weighted by Gasteiger charge is -2.27. The van der Waals surface area contributed by atoms with Gasteiger partial charge in [-0.25, -0.2) is 9.97 Å². The van der Waals surface area contributed by atoms with Crippen molar-refractivity contribution in [1.29, 1.82) is 0 Å². The molecule has 1 fully saturated rings. The molecule has 1 N–H and O–H groups in total. The number of aromatic nitrogens is 2. The number of anilines is 2. The zero-order valence-electron chi connectivity index (χ0n) is 15.2. The van der Waals surface area contributed by atoms with E-state index in [4.69, 9.17) is 0 Å². The van der Waals surface area contributed by atoms with Crippen LogP contribution in [-0.4, -0.2) is 33.9 Å². The first-order valence-electron chi connectivity index (χ1n) is 9.20. The molecule has 27 heavy (non-hydrogen) atoms. The van der Waals surface area contributed by atoms with Gasteiger partial charge in [0, 0.05) is 40.5 Å². The molecule has 138 valence electrons. The highest BCUT2D eigenvalue weighted by Crippen LogP contribution is 2.30. The van der Waals surface area contributed by atoms with Crippen molar-refractivity contribution in [2.45, 2.75) is 26.2 Å². The van der Waals surface area contributed by atoms with Crippen molar-refractivity contribution in [3.8, 4) is 0 Å². The van der Waals surface area contributed by atoms with E-state index in [2.05, 4.69) is 31.2 Å². The zero-order valence-corrected chi connectivity index (χ0v) is 16.8. The van der Waals surface area contributed by atoms with Crippen molar-refractivity contribution < 1.29 is 4.79 Å². The molecular formula is C21H21BrN4O. The summed E-state index contributed by atoms with van der Waals surface area (Å²) in [6.07, 6.45) is 4.96. The third-order valence-corrected chi connectivity index (χ3v) is 5.38. The van der Waals surface area contributed by atoms with Gasteiger partial charge in [0.1, 0.15) is 0 Å². The lowest BCUT2D eigenvalue weighted by molar-refractivity contribution is 0.0725. The molecule has 5 nitrogen and oxygen atoms in total. The maximum atomic E-state index is 13.2. The van der Waals surface area contributed by atoms with Crippen LogP contribution in [0.3, 0.4) is 0 Å². The van der Waals surface area contributed by atoms with Crippen molar-refractivity contribution in [3.63, 3.8) is 0 Å². The predicted octanol–water partition coefficient (Wildman–Crippen LogP) is 5.07. The monoisotopic (exact) mass is 424 g/mol. The fourth-order valence-corrected chi connectivity index (χ4v) is 3.68. The van der Waals surface area contributed by atoms with Gasteiger partial charge in [0.15, 0.2) is 5.65 Å². The van der Waals surface area contributed by atoms with Gasteiger partial charge < -0.3 is 10.2 Å². The molecule has 3 heterocycles. The minimum absolute atomic E-state index is 0.0317. The first-order valence-corrected chi connectivity index (χ1v) is 9.99. The van der Waals surface area contributed by atoms with Crippen LogP contribution in [0.25, 0.3) is 11.0 Å². The van der Waals surface area contributed by atoms with Crippen LogP contribution in [0.5, 0.6) is 0 Å². The molecule has 1 amide bonds. The number of likely N-dealkylation sites (tertiary alicyclic amines) is 1. The number of hydrogen-bond acceptors (Lipinski definition) is 4. The second-order valence-electron chi connectivity index (χ2n) is 6.86. The number of nitrogens with one attached hydrogen (secondary N) is 1. The maximum absolute atomic E-state index is 13.2. The Kier molecular flexibility index (Phi) is 5.07. The highest BCUT2D eigenvalue weighted by molar-refractivity contribution is 9.10. The van der Waals surface area contributed by atoms with E-state index in [1.54, 1.807) is 6.20 Å². The molecule has 4 rings (SSSR count). The van der Waals surface area contributed by atoms with Crippen molar-refractivity contribution in [2.24, 2.45) is 0 Å². The summed E-state index contributed by atoms with van der Waals surface area (Å²) in [6.45, 7) is 3.55. The van der Waals surface area contributed by atoms with Crippen molar-refractivity contribution >= 4 is 44.2 Å². The van der Waals surface area contributed by atoms with Gasteiger partial charge in [0.05, 0.1) is 11.3 Å². The minimum atomic E-state index is 0.0317. The topological polar surface area (TPSA) is 58.1 Å². The summed E-state index contributed by atoms with van der Waals surface area (Å²) in [4.78, 5) is 24.1. The van der Waals surface area contributed by atoms with Gasteiger partial charge in [-0.3, -0.25) is 4.79 Å². The van der Waals surface area contributed by atoms with Crippen LogP contribution in [0, 0.1) is 6.92 Å². The molecule has 1 saturated heterocycles. The number of carbonyl (C=O) groups is 1. The molecule has 6 heteroatoms. The van der Waals surface area contributed by atoms with E-state index in [0.29, 0.717) is 11.2 Å². The molecular weight excluding hydrogens is 404 g/mol. The fraction of sp³-hybridized carbons (Fsp3) is 0.286. The molecule has 2 aromatic heterocycles. The van der Waals surface area contributed by atoms with Crippen LogP contribution < -0.4 is 5.32 Å². The molecule has 0 saturated carbocycles. The van der Waals surface area contributed by atoms with Gasteiger partial charge in [0.2, 0.25) is 0 Å². The lowest BCUT2D eigenvalue weighted by atomic mass is 10.1. The van der Waals surface area contributed by atoms with Gasteiger partial charge in [-0.2, -0.15) is 0 Å². The Morgan fingerprint density at radius 2 is 1.81 bits per heavy atom. The molecule has 0 aliphatic carbocycles. The molecule has 1 aliphatic heterocycles.